The molecule has 126 valence electrons. The van der Waals surface area contributed by atoms with Gasteiger partial charge in [-0.05, 0) is 30.0 Å². The van der Waals surface area contributed by atoms with Crippen molar-refractivity contribution in [1.29, 1.82) is 0 Å². The molecule has 2 aromatic heterocycles. The second-order valence-corrected chi connectivity index (χ2v) is 6.50. The number of aryl methyl sites for hydroxylation is 2. The minimum atomic E-state index is -0.277. The van der Waals surface area contributed by atoms with Crippen LogP contribution in [0.2, 0.25) is 0 Å². The molecule has 3 rings (SSSR count). The molecular weight excluding hydrogens is 326 g/mol. The maximum absolute atomic E-state index is 11.5. The second-order valence-electron chi connectivity index (χ2n) is 5.59. The Morgan fingerprint density at radius 2 is 2.17 bits per heavy atom. The number of thiophene rings is 1. The van der Waals surface area contributed by atoms with Crippen LogP contribution in [0.1, 0.15) is 17.0 Å². The zero-order valence-corrected chi connectivity index (χ0v) is 14.6. The molecule has 0 radical (unpaired) electrons. The number of methoxy groups -OCH3 is 1. The van der Waals surface area contributed by atoms with E-state index in [1.54, 1.807) is 10.7 Å². The van der Waals surface area contributed by atoms with Gasteiger partial charge in [0.05, 0.1) is 24.9 Å². The van der Waals surface area contributed by atoms with Crippen LogP contribution in [0.5, 0.6) is 5.75 Å². The highest BCUT2D eigenvalue weighted by atomic mass is 32.1. The fourth-order valence-electron chi connectivity index (χ4n) is 2.64. The van der Waals surface area contributed by atoms with Crippen LogP contribution < -0.4 is 10.5 Å². The average Bonchev–Trinajstić information content (AvgIpc) is 3.08. The Hall–Kier alpha value is -2.54. The van der Waals surface area contributed by atoms with Crippen molar-refractivity contribution in [2.75, 3.05) is 12.8 Å². The molecule has 7 heteroatoms. The molecule has 0 spiro atoms. The van der Waals surface area contributed by atoms with Crippen LogP contribution in [-0.4, -0.2) is 22.9 Å². The van der Waals surface area contributed by atoms with E-state index < -0.39 is 0 Å². The van der Waals surface area contributed by atoms with Crippen LogP contribution in [-0.2, 0) is 29.6 Å². The smallest absolute Gasteiger partial charge is 0.310 e. The lowest BCUT2D eigenvalue weighted by molar-refractivity contribution is -0.139. The van der Waals surface area contributed by atoms with Gasteiger partial charge in [0.1, 0.15) is 12.4 Å². The van der Waals surface area contributed by atoms with E-state index in [4.69, 9.17) is 15.2 Å². The molecule has 0 amide bonds. The Balaban J connectivity index is 1.83. The summed E-state index contributed by atoms with van der Waals surface area (Å²) in [5.41, 5.74) is 9.61. The molecule has 0 aliphatic heterocycles. The first-order chi connectivity index (χ1) is 11.5. The lowest BCUT2D eigenvalue weighted by atomic mass is 10.1. The van der Waals surface area contributed by atoms with E-state index in [-0.39, 0.29) is 12.4 Å². The molecule has 2 N–H and O–H groups in total. The summed E-state index contributed by atoms with van der Waals surface area (Å²) in [6.45, 7) is 2.37. The lowest BCUT2D eigenvalue weighted by Gasteiger charge is -2.09. The third-order valence-corrected chi connectivity index (χ3v) is 4.78. The zero-order valence-electron chi connectivity index (χ0n) is 13.8. The normalized spacial score (nSPS) is 11.0. The van der Waals surface area contributed by atoms with E-state index in [0.29, 0.717) is 18.0 Å². The first kappa shape index (κ1) is 16.3. The topological polar surface area (TPSA) is 79.4 Å². The van der Waals surface area contributed by atoms with Gasteiger partial charge in [-0.3, -0.25) is 9.48 Å². The van der Waals surface area contributed by atoms with Gasteiger partial charge in [-0.25, -0.2) is 0 Å². The van der Waals surface area contributed by atoms with Crippen molar-refractivity contribution in [3.8, 4) is 5.75 Å². The van der Waals surface area contributed by atoms with Gasteiger partial charge >= 0.3 is 5.97 Å². The minimum absolute atomic E-state index is 0.217. The van der Waals surface area contributed by atoms with Gasteiger partial charge in [0.25, 0.3) is 0 Å². The molecule has 3 aromatic rings. The van der Waals surface area contributed by atoms with Gasteiger partial charge in [-0.2, -0.15) is 5.10 Å². The molecule has 24 heavy (non-hydrogen) atoms. The van der Waals surface area contributed by atoms with Crippen LogP contribution in [0.4, 0.5) is 5.69 Å². The Morgan fingerprint density at radius 3 is 2.83 bits per heavy atom. The predicted molar refractivity (Wildman–Crippen MR) is 94.2 cm³/mol. The Morgan fingerprint density at radius 1 is 1.38 bits per heavy atom. The van der Waals surface area contributed by atoms with Gasteiger partial charge in [-0.1, -0.05) is 0 Å². The van der Waals surface area contributed by atoms with Crippen LogP contribution >= 0.6 is 11.3 Å². The zero-order chi connectivity index (χ0) is 17.3. The molecule has 0 aliphatic rings. The van der Waals surface area contributed by atoms with Crippen LogP contribution in [0.15, 0.2) is 23.6 Å². The van der Waals surface area contributed by atoms with Crippen molar-refractivity contribution in [2.45, 2.75) is 20.0 Å². The molecule has 0 atom stereocenters. The Bertz CT molecular complexity index is 898. The summed E-state index contributed by atoms with van der Waals surface area (Å²) in [5.74, 6) is 0.423. The van der Waals surface area contributed by atoms with E-state index in [9.17, 15) is 4.79 Å². The molecule has 0 saturated heterocycles. The number of nitrogens with zero attached hydrogens (tertiary/aromatic N) is 2. The molecule has 0 fully saturated rings. The molecular formula is C17H19N3O3S. The van der Waals surface area contributed by atoms with Gasteiger partial charge in [0.2, 0.25) is 0 Å². The first-order valence-electron chi connectivity index (χ1n) is 7.46. The maximum Gasteiger partial charge on any atom is 0.310 e. The van der Waals surface area contributed by atoms with Crippen molar-refractivity contribution in [1.82, 2.24) is 9.78 Å². The molecule has 1 aromatic carbocycles. The quantitative estimate of drug-likeness (QED) is 0.568. The van der Waals surface area contributed by atoms with E-state index in [1.165, 1.54) is 18.4 Å². The number of carbonyl (C=O) groups is 1. The van der Waals surface area contributed by atoms with Crippen molar-refractivity contribution < 1.29 is 14.3 Å². The number of benzene rings is 1. The maximum atomic E-state index is 11.5. The Labute approximate surface area is 143 Å². The number of fused-ring (bicyclic) bond motifs is 1. The third kappa shape index (κ3) is 3.21. The number of hydrogen-bond donors (Lipinski definition) is 1. The predicted octanol–water partition coefficient (Wildman–Crippen LogP) is 2.82. The summed E-state index contributed by atoms with van der Waals surface area (Å²) in [6, 6.07) is 5.72. The number of anilines is 1. The third-order valence-electron chi connectivity index (χ3n) is 3.80. The number of rotatable bonds is 5. The Kier molecular flexibility index (Phi) is 4.44. The molecule has 2 heterocycles. The summed E-state index contributed by atoms with van der Waals surface area (Å²) in [6.07, 6.45) is 0.217. The fraction of sp³-hybridized carbons (Fsp3) is 0.294. The molecule has 0 saturated carbocycles. The minimum Gasteiger partial charge on any atom is -0.487 e. The lowest BCUT2D eigenvalue weighted by Crippen LogP contribution is -2.05. The summed E-state index contributed by atoms with van der Waals surface area (Å²) >= 11 is 1.54. The van der Waals surface area contributed by atoms with Crippen molar-refractivity contribution >= 4 is 33.1 Å². The second kappa shape index (κ2) is 6.52. The molecule has 6 nitrogen and oxygen atoms in total. The highest BCUT2D eigenvalue weighted by molar-refractivity contribution is 7.17. The SMILES string of the molecule is COC(=O)Cc1csc2cc(OCc3cc(C)nn3C)cc(N)c12. The van der Waals surface area contributed by atoms with Gasteiger partial charge in [0, 0.05) is 28.9 Å². The van der Waals surface area contributed by atoms with Crippen molar-refractivity contribution in [2.24, 2.45) is 7.05 Å². The standard InChI is InChI=1S/C17H19N3O3S/c1-10-4-12(20(2)19-10)8-23-13-6-14(18)17-11(5-16(21)22-3)9-24-15(17)7-13/h4,6-7,9H,5,8,18H2,1-3H3. The first-order valence-corrected chi connectivity index (χ1v) is 8.34. The molecule has 0 aliphatic carbocycles. The number of esters is 1. The van der Waals surface area contributed by atoms with Crippen LogP contribution in [0, 0.1) is 6.92 Å². The number of carbonyl (C=O) groups excluding carboxylic acids is 1. The highest BCUT2D eigenvalue weighted by Gasteiger charge is 2.13. The van der Waals surface area contributed by atoms with E-state index in [1.807, 2.05) is 31.5 Å². The number of hydrogen-bond acceptors (Lipinski definition) is 6. The largest absolute Gasteiger partial charge is 0.487 e. The highest BCUT2D eigenvalue weighted by Crippen LogP contribution is 2.35. The van der Waals surface area contributed by atoms with Gasteiger partial charge in [0.15, 0.2) is 0 Å². The van der Waals surface area contributed by atoms with E-state index in [0.717, 1.165) is 27.0 Å². The summed E-state index contributed by atoms with van der Waals surface area (Å²) in [4.78, 5) is 11.5. The van der Waals surface area contributed by atoms with E-state index in [2.05, 4.69) is 5.10 Å². The number of nitrogen functional groups attached to an aromatic ring is 1. The average molecular weight is 345 g/mol. The van der Waals surface area contributed by atoms with Crippen LogP contribution in [0.3, 0.4) is 0 Å². The van der Waals surface area contributed by atoms with Gasteiger partial charge in [-0.15, -0.1) is 11.3 Å². The monoisotopic (exact) mass is 345 g/mol. The number of nitrogens with two attached hydrogens (primary N) is 1. The fourth-order valence-corrected chi connectivity index (χ4v) is 3.66. The van der Waals surface area contributed by atoms with E-state index >= 15 is 0 Å². The summed E-state index contributed by atoms with van der Waals surface area (Å²) in [5, 5.41) is 7.13. The summed E-state index contributed by atoms with van der Waals surface area (Å²) < 4.78 is 13.4. The van der Waals surface area contributed by atoms with Crippen molar-refractivity contribution in [3.63, 3.8) is 0 Å². The van der Waals surface area contributed by atoms with Crippen molar-refractivity contribution in [3.05, 3.63) is 40.5 Å². The number of ether oxygens (including phenoxy) is 2. The molecule has 0 unspecified atom stereocenters. The molecule has 0 bridgehead atoms. The van der Waals surface area contributed by atoms with Crippen LogP contribution in [0.25, 0.3) is 10.1 Å². The number of aromatic nitrogens is 2. The summed E-state index contributed by atoms with van der Waals surface area (Å²) in [7, 11) is 3.27. The van der Waals surface area contributed by atoms with Gasteiger partial charge < -0.3 is 15.2 Å².